The molecule has 0 aliphatic rings. The van der Waals surface area contributed by atoms with Gasteiger partial charge >= 0.3 is 17.9 Å². The van der Waals surface area contributed by atoms with Gasteiger partial charge in [-0.25, -0.2) is 18.8 Å². The summed E-state index contributed by atoms with van der Waals surface area (Å²) in [6, 6.07) is 19.5. The van der Waals surface area contributed by atoms with Crippen molar-refractivity contribution < 1.29 is 33.0 Å². The Hall–Kier alpha value is -4.78. The largest absolute Gasteiger partial charge is 0.462 e. The van der Waals surface area contributed by atoms with Crippen molar-refractivity contribution in [1.82, 2.24) is 0 Å². The van der Waals surface area contributed by atoms with E-state index in [2.05, 4.69) is 13.2 Å². The quantitative estimate of drug-likeness (QED) is 0.149. The zero-order valence-electron chi connectivity index (χ0n) is 22.6. The molecule has 0 bridgehead atoms. The summed E-state index contributed by atoms with van der Waals surface area (Å²) in [7, 11) is 0. The van der Waals surface area contributed by atoms with E-state index in [4.69, 9.17) is 14.2 Å². The third-order valence-electron chi connectivity index (χ3n) is 5.77. The molecule has 0 aromatic heterocycles. The van der Waals surface area contributed by atoms with Gasteiger partial charge in [-0.05, 0) is 65.9 Å². The number of ether oxygens (including phenoxy) is 3. The first-order valence-corrected chi connectivity index (χ1v) is 12.7. The Morgan fingerprint density at radius 3 is 1.88 bits per heavy atom. The molecule has 3 rings (SSSR count). The number of rotatable bonds is 12. The Kier molecular flexibility index (Phi) is 10.7. The molecule has 0 saturated carbocycles. The minimum atomic E-state index is -0.597. The van der Waals surface area contributed by atoms with Crippen molar-refractivity contribution in [2.45, 2.75) is 26.7 Å². The lowest BCUT2D eigenvalue weighted by molar-refractivity contribution is -0.139. The number of esters is 3. The topological polar surface area (TPSA) is 78.9 Å². The van der Waals surface area contributed by atoms with Crippen LogP contribution in [0.5, 0.6) is 5.75 Å². The molecule has 3 aromatic carbocycles. The second-order valence-electron chi connectivity index (χ2n) is 9.16. The number of carbonyl (C=O) groups excluding carboxylic acids is 3. The third kappa shape index (κ3) is 9.20. The van der Waals surface area contributed by atoms with Gasteiger partial charge in [0.25, 0.3) is 0 Å². The first-order valence-electron chi connectivity index (χ1n) is 12.7. The number of hydrogen-bond acceptors (Lipinski definition) is 6. The molecule has 0 saturated heterocycles. The maximum atomic E-state index is 14.4. The lowest BCUT2D eigenvalue weighted by Crippen LogP contribution is -2.08. The van der Waals surface area contributed by atoms with E-state index in [1.54, 1.807) is 38.1 Å². The average molecular weight is 543 g/mol. The Balaban J connectivity index is 1.49. The molecule has 0 radical (unpaired) electrons. The van der Waals surface area contributed by atoms with E-state index in [1.165, 1.54) is 18.2 Å². The summed E-state index contributed by atoms with van der Waals surface area (Å²) in [5.74, 6) is -1.59. The van der Waals surface area contributed by atoms with Crippen molar-refractivity contribution in [2.75, 3.05) is 13.2 Å². The summed E-state index contributed by atoms with van der Waals surface area (Å²) in [4.78, 5) is 35.2. The summed E-state index contributed by atoms with van der Waals surface area (Å²) in [5.41, 5.74) is 4.51. The maximum Gasteiger partial charge on any atom is 0.336 e. The van der Waals surface area contributed by atoms with Crippen LogP contribution < -0.4 is 4.74 Å². The van der Waals surface area contributed by atoms with Crippen LogP contribution in [0.4, 0.5) is 4.39 Å². The molecule has 0 unspecified atom stereocenters. The summed E-state index contributed by atoms with van der Waals surface area (Å²) in [6.07, 6.45) is 3.52. The highest BCUT2D eigenvalue weighted by molar-refractivity contribution is 5.89. The zero-order chi connectivity index (χ0) is 29.1. The Labute approximate surface area is 233 Å². The van der Waals surface area contributed by atoms with Gasteiger partial charge in [0.15, 0.2) is 0 Å². The second-order valence-corrected chi connectivity index (χ2v) is 9.16. The Morgan fingerprint density at radius 2 is 1.32 bits per heavy atom. The lowest BCUT2D eigenvalue weighted by Gasteiger charge is -2.07. The highest BCUT2D eigenvalue weighted by Gasteiger charge is 2.08. The van der Waals surface area contributed by atoms with Crippen molar-refractivity contribution in [3.63, 3.8) is 0 Å². The summed E-state index contributed by atoms with van der Waals surface area (Å²) >= 11 is 0. The second kappa shape index (κ2) is 14.4. The Morgan fingerprint density at radius 1 is 0.775 bits per heavy atom. The van der Waals surface area contributed by atoms with E-state index in [1.807, 2.05) is 36.4 Å². The lowest BCUT2D eigenvalue weighted by atomic mass is 10.0. The fourth-order valence-corrected chi connectivity index (χ4v) is 3.53. The molecule has 0 aliphatic carbocycles. The molecule has 3 aromatic rings. The monoisotopic (exact) mass is 542 g/mol. The van der Waals surface area contributed by atoms with Crippen molar-refractivity contribution in [1.29, 1.82) is 0 Å². The predicted octanol–water partition coefficient (Wildman–Crippen LogP) is 6.44. The fourth-order valence-electron chi connectivity index (χ4n) is 3.53. The number of benzene rings is 3. The number of carbonyl (C=O) groups is 3. The molecule has 0 amide bonds. The van der Waals surface area contributed by atoms with E-state index in [0.717, 1.165) is 16.7 Å². The smallest absolute Gasteiger partial charge is 0.336 e. The van der Waals surface area contributed by atoms with Crippen molar-refractivity contribution in [3.05, 3.63) is 120 Å². The van der Waals surface area contributed by atoms with Crippen LogP contribution in [-0.4, -0.2) is 31.1 Å². The van der Waals surface area contributed by atoms with Crippen LogP contribution in [0.2, 0.25) is 0 Å². The molecule has 0 N–H and O–H groups in total. The highest BCUT2D eigenvalue weighted by atomic mass is 19.1. The molecule has 0 atom stereocenters. The molecular weight excluding hydrogens is 511 g/mol. The molecule has 0 spiro atoms. The molecule has 6 nitrogen and oxygen atoms in total. The number of hydrogen-bond donors (Lipinski definition) is 0. The van der Waals surface area contributed by atoms with Gasteiger partial charge in [-0.1, -0.05) is 61.7 Å². The highest BCUT2D eigenvalue weighted by Crippen LogP contribution is 2.23. The van der Waals surface area contributed by atoms with E-state index < -0.39 is 23.7 Å². The predicted molar refractivity (Wildman–Crippen MR) is 152 cm³/mol. The van der Waals surface area contributed by atoms with Gasteiger partial charge in [0.1, 0.15) is 11.6 Å². The first-order chi connectivity index (χ1) is 19.1. The summed E-state index contributed by atoms with van der Waals surface area (Å²) in [6.45, 7) is 10.5. The van der Waals surface area contributed by atoms with Gasteiger partial charge in [0, 0.05) is 30.1 Å². The normalized spacial score (nSPS) is 10.7. The van der Waals surface area contributed by atoms with Crippen LogP contribution >= 0.6 is 0 Å². The molecular formula is C33H31FO6. The first kappa shape index (κ1) is 29.8. The van der Waals surface area contributed by atoms with Gasteiger partial charge in [-0.15, -0.1) is 0 Å². The molecule has 0 aliphatic heterocycles. The van der Waals surface area contributed by atoms with E-state index >= 15 is 0 Å². The van der Waals surface area contributed by atoms with Crippen LogP contribution in [0, 0.1) is 5.82 Å². The minimum absolute atomic E-state index is 0.0447. The van der Waals surface area contributed by atoms with Crippen molar-refractivity contribution >= 4 is 24.0 Å². The van der Waals surface area contributed by atoms with Gasteiger partial charge in [-0.2, -0.15) is 0 Å². The van der Waals surface area contributed by atoms with E-state index in [9.17, 15) is 18.8 Å². The van der Waals surface area contributed by atoms with Crippen LogP contribution in [0.1, 0.15) is 30.5 Å². The molecule has 0 fully saturated rings. The summed E-state index contributed by atoms with van der Waals surface area (Å²) in [5, 5.41) is 0. The van der Waals surface area contributed by atoms with Crippen LogP contribution in [-0.2, 0) is 36.7 Å². The molecule has 206 valence electrons. The SMILES string of the molecule is C=C(C)C(=O)OCCc1ccc(-c2ccc(OC(=O)/C=C/c3ccc(CCOC(=O)C(=C)C)c(F)c3)cc2)cc1. The summed E-state index contributed by atoms with van der Waals surface area (Å²) < 4.78 is 29.9. The van der Waals surface area contributed by atoms with E-state index in [-0.39, 0.29) is 25.2 Å². The fraction of sp³-hybridized carbons (Fsp3) is 0.182. The third-order valence-corrected chi connectivity index (χ3v) is 5.77. The standard InChI is InChI=1S/C33H31FO6/c1-22(2)32(36)38-19-17-24-5-9-26(10-6-24)27-12-14-29(15-13-27)40-31(35)16-8-25-7-11-28(30(34)21-25)18-20-39-33(37)23(3)4/h5-16,21H,1,3,17-20H2,2,4H3/b16-8+. The van der Waals surface area contributed by atoms with Crippen molar-refractivity contribution in [2.24, 2.45) is 0 Å². The zero-order valence-corrected chi connectivity index (χ0v) is 22.6. The van der Waals surface area contributed by atoms with E-state index in [0.29, 0.717) is 28.9 Å². The molecule has 7 heteroatoms. The van der Waals surface area contributed by atoms with Gasteiger partial charge < -0.3 is 14.2 Å². The van der Waals surface area contributed by atoms with Crippen molar-refractivity contribution in [3.8, 4) is 16.9 Å². The van der Waals surface area contributed by atoms with Gasteiger partial charge in [0.2, 0.25) is 0 Å². The van der Waals surface area contributed by atoms with Gasteiger partial charge in [0.05, 0.1) is 13.2 Å². The number of halogens is 1. The van der Waals surface area contributed by atoms with Crippen LogP contribution in [0.15, 0.2) is 97.1 Å². The minimum Gasteiger partial charge on any atom is -0.462 e. The Bertz CT molecular complexity index is 1420. The van der Waals surface area contributed by atoms with Gasteiger partial charge in [-0.3, -0.25) is 0 Å². The van der Waals surface area contributed by atoms with Crippen LogP contribution in [0.3, 0.4) is 0 Å². The average Bonchev–Trinajstić information content (AvgIpc) is 2.93. The maximum absolute atomic E-state index is 14.4. The molecule has 0 heterocycles. The van der Waals surface area contributed by atoms with Crippen LogP contribution in [0.25, 0.3) is 17.2 Å². The molecule has 40 heavy (non-hydrogen) atoms.